The van der Waals surface area contributed by atoms with E-state index in [1.54, 1.807) is 0 Å². The molecule has 0 aromatic rings. The highest BCUT2D eigenvalue weighted by molar-refractivity contribution is 8.14. The van der Waals surface area contributed by atoms with Gasteiger partial charge in [-0.15, -0.1) is 0 Å². The highest BCUT2D eigenvalue weighted by Crippen LogP contribution is 2.19. The molecule has 1 aliphatic heterocycles. The molecule has 1 saturated heterocycles. The van der Waals surface area contributed by atoms with Crippen molar-refractivity contribution in [2.24, 2.45) is 0 Å². The lowest BCUT2D eigenvalue weighted by Gasteiger charge is -2.31. The van der Waals surface area contributed by atoms with Gasteiger partial charge in [0.25, 0.3) is 0 Å². The van der Waals surface area contributed by atoms with Crippen molar-refractivity contribution < 1.29 is 0 Å². The van der Waals surface area contributed by atoms with Crippen LogP contribution in [0.4, 0.5) is 0 Å². The van der Waals surface area contributed by atoms with Crippen LogP contribution in [0.3, 0.4) is 0 Å². The fraction of sp³-hybridized carbons (Fsp3) is 0.667. The minimum Gasteiger partial charge on any atom is -0.374 e. The molecule has 1 nitrogen and oxygen atoms in total. The van der Waals surface area contributed by atoms with Gasteiger partial charge in [0.15, 0.2) is 0 Å². The molecule has 0 spiro atoms. The Kier molecular flexibility index (Phi) is 3.18. The summed E-state index contributed by atoms with van der Waals surface area (Å²) in [6.45, 7) is 8.56. The quantitative estimate of drug-likeness (QED) is 0.574. The third-order valence-electron chi connectivity index (χ3n) is 2.16. The van der Waals surface area contributed by atoms with Gasteiger partial charge in [-0.3, -0.25) is 0 Å². The summed E-state index contributed by atoms with van der Waals surface area (Å²) < 4.78 is 0. The van der Waals surface area contributed by atoms with Crippen molar-refractivity contribution >= 4 is 16.4 Å². The molecule has 0 radical (unpaired) electrons. The molecular weight excluding hydrogens is 154 g/mol. The topological polar surface area (TPSA) is 3.24 Å². The van der Waals surface area contributed by atoms with Gasteiger partial charge in [0, 0.05) is 30.3 Å². The van der Waals surface area contributed by atoms with Crippen molar-refractivity contribution in [3.8, 4) is 0 Å². The van der Waals surface area contributed by atoms with Gasteiger partial charge in [0.1, 0.15) is 0 Å². The Morgan fingerprint density at radius 2 is 2.00 bits per heavy atom. The van der Waals surface area contributed by atoms with Gasteiger partial charge in [-0.05, 0) is 6.42 Å². The average Bonchev–Trinajstić information content (AvgIpc) is 2.05. The van der Waals surface area contributed by atoms with Gasteiger partial charge in [-0.2, -0.15) is 10.5 Å². The molecule has 0 unspecified atom stereocenters. The summed E-state index contributed by atoms with van der Waals surface area (Å²) in [7, 11) is 0.438. The van der Waals surface area contributed by atoms with Crippen LogP contribution in [0.1, 0.15) is 13.3 Å². The maximum absolute atomic E-state index is 4.09. The molecule has 0 saturated carbocycles. The highest BCUT2D eigenvalue weighted by atomic mass is 32.2. The second-order valence-corrected chi connectivity index (χ2v) is 4.97. The lowest BCUT2D eigenvalue weighted by atomic mass is 10.3. The number of allylic oxidation sites excluding steroid dienone is 1. The summed E-state index contributed by atoms with van der Waals surface area (Å²) in [5, 5.41) is 0. The van der Waals surface area contributed by atoms with Crippen LogP contribution in [0, 0.1) is 0 Å². The van der Waals surface area contributed by atoms with Gasteiger partial charge < -0.3 is 4.90 Å². The highest BCUT2D eigenvalue weighted by Gasteiger charge is 2.11. The molecule has 0 amide bonds. The third kappa shape index (κ3) is 2.37. The van der Waals surface area contributed by atoms with Crippen LogP contribution in [-0.4, -0.2) is 35.4 Å². The second kappa shape index (κ2) is 3.96. The predicted octanol–water partition coefficient (Wildman–Crippen LogP) is 1.93. The van der Waals surface area contributed by atoms with Gasteiger partial charge in [-0.25, -0.2) is 0 Å². The van der Waals surface area contributed by atoms with Crippen molar-refractivity contribution in [2.45, 2.75) is 13.3 Å². The first-order chi connectivity index (χ1) is 5.24. The molecule has 1 aliphatic rings. The van der Waals surface area contributed by atoms with Crippen molar-refractivity contribution in [3.05, 3.63) is 12.3 Å². The number of nitrogens with zero attached hydrogens (tertiary/aromatic N) is 1. The third-order valence-corrected chi connectivity index (χ3v) is 3.67. The smallest absolute Gasteiger partial charge is 0.0261 e. The molecular formula is C9H17NS. The maximum atomic E-state index is 4.09. The average molecular weight is 171 g/mol. The first-order valence-corrected chi connectivity index (χ1v) is 5.87. The summed E-state index contributed by atoms with van der Waals surface area (Å²) in [5.74, 6) is 6.61. The Morgan fingerprint density at radius 3 is 2.45 bits per heavy atom. The maximum Gasteiger partial charge on any atom is 0.0261 e. The van der Waals surface area contributed by atoms with Crippen LogP contribution >= 0.6 is 10.5 Å². The monoisotopic (exact) mass is 171 g/mol. The molecule has 0 atom stereocenters. The van der Waals surface area contributed by atoms with E-state index < -0.39 is 0 Å². The van der Waals surface area contributed by atoms with Gasteiger partial charge in [-0.1, -0.05) is 19.4 Å². The Bertz CT molecular complexity index is 164. The molecule has 0 N–H and O–H groups in total. The Hall–Kier alpha value is -0.240. The van der Waals surface area contributed by atoms with E-state index in [4.69, 9.17) is 0 Å². The zero-order valence-corrected chi connectivity index (χ0v) is 8.12. The van der Waals surface area contributed by atoms with Crippen molar-refractivity contribution in [3.63, 3.8) is 0 Å². The molecule has 0 aromatic carbocycles. The molecule has 0 aromatic heterocycles. The van der Waals surface area contributed by atoms with Gasteiger partial charge in [0.05, 0.1) is 0 Å². The SMILES string of the molecule is C=C(CC)N1CCS(=C)CC1. The summed E-state index contributed by atoms with van der Waals surface area (Å²) in [5.41, 5.74) is 1.29. The Balaban J connectivity index is 2.39. The zero-order chi connectivity index (χ0) is 8.27. The fourth-order valence-corrected chi connectivity index (χ4v) is 2.39. The van der Waals surface area contributed by atoms with Gasteiger partial charge in [0.2, 0.25) is 0 Å². The molecule has 2 heteroatoms. The lowest BCUT2D eigenvalue weighted by Crippen LogP contribution is -2.32. The lowest BCUT2D eigenvalue weighted by molar-refractivity contribution is 0.371. The first kappa shape index (κ1) is 8.85. The molecule has 64 valence electrons. The number of rotatable bonds is 2. The van der Waals surface area contributed by atoms with Crippen LogP contribution in [0.2, 0.25) is 0 Å². The van der Waals surface area contributed by atoms with E-state index >= 15 is 0 Å². The van der Waals surface area contributed by atoms with Crippen LogP contribution in [0.25, 0.3) is 0 Å². The number of hydrogen-bond acceptors (Lipinski definition) is 1. The normalized spacial score (nSPS) is 20.3. The van der Waals surface area contributed by atoms with E-state index in [1.807, 2.05) is 0 Å². The summed E-state index contributed by atoms with van der Waals surface area (Å²) in [6.07, 6.45) is 1.09. The van der Waals surface area contributed by atoms with Crippen molar-refractivity contribution in [2.75, 3.05) is 24.6 Å². The second-order valence-electron chi connectivity index (χ2n) is 2.93. The van der Waals surface area contributed by atoms with Crippen molar-refractivity contribution in [1.29, 1.82) is 0 Å². The summed E-state index contributed by atoms with van der Waals surface area (Å²) >= 11 is 0. The van der Waals surface area contributed by atoms with Crippen LogP contribution in [0.5, 0.6) is 0 Å². The molecule has 11 heavy (non-hydrogen) atoms. The molecule has 1 fully saturated rings. The minimum atomic E-state index is 0.438. The van der Waals surface area contributed by atoms with E-state index in [0.29, 0.717) is 10.5 Å². The van der Waals surface area contributed by atoms with E-state index in [-0.39, 0.29) is 0 Å². The van der Waals surface area contributed by atoms with E-state index in [1.165, 1.54) is 30.3 Å². The molecule has 1 heterocycles. The van der Waals surface area contributed by atoms with Crippen LogP contribution in [0.15, 0.2) is 12.3 Å². The molecule has 0 aliphatic carbocycles. The summed E-state index contributed by atoms with van der Waals surface area (Å²) in [6, 6.07) is 0. The fourth-order valence-electron chi connectivity index (χ4n) is 1.23. The Labute approximate surface area is 72.0 Å². The van der Waals surface area contributed by atoms with Crippen molar-refractivity contribution in [1.82, 2.24) is 4.90 Å². The largest absolute Gasteiger partial charge is 0.374 e. The van der Waals surface area contributed by atoms with Crippen LogP contribution < -0.4 is 0 Å². The van der Waals surface area contributed by atoms with E-state index in [0.717, 1.165) is 6.42 Å². The minimum absolute atomic E-state index is 0.438. The first-order valence-electron chi connectivity index (χ1n) is 4.14. The predicted molar refractivity (Wildman–Crippen MR) is 55.5 cm³/mol. The van der Waals surface area contributed by atoms with Gasteiger partial charge >= 0.3 is 0 Å². The molecule has 0 bridgehead atoms. The molecule has 1 rings (SSSR count). The summed E-state index contributed by atoms with van der Waals surface area (Å²) in [4.78, 5) is 2.40. The standard InChI is InChI=1S/C9H17NS/c1-4-9(2)10-5-7-11(3)8-6-10/h2-8H2,1H3. The zero-order valence-electron chi connectivity index (χ0n) is 7.31. The number of hydrogen-bond donors (Lipinski definition) is 0. The van der Waals surface area contributed by atoms with Crippen LogP contribution in [-0.2, 0) is 0 Å². The van der Waals surface area contributed by atoms with E-state index in [9.17, 15) is 0 Å². The van der Waals surface area contributed by atoms with E-state index in [2.05, 4.69) is 24.3 Å². The Morgan fingerprint density at radius 1 is 1.45 bits per heavy atom.